The van der Waals surface area contributed by atoms with E-state index < -0.39 is 0 Å². The number of aromatic nitrogens is 1. The molecule has 104 valence electrons. The number of pyridine rings is 1. The van der Waals surface area contributed by atoms with Crippen LogP contribution in [0.25, 0.3) is 0 Å². The van der Waals surface area contributed by atoms with Crippen molar-refractivity contribution >= 4 is 23.5 Å². The molecule has 2 N–H and O–H groups in total. The van der Waals surface area contributed by atoms with Gasteiger partial charge in [0.25, 0.3) is 5.91 Å². The highest BCUT2D eigenvalue weighted by Crippen LogP contribution is 2.21. The standard InChI is InChI=1S/C14H21N3OS/c1-2-15-13-9-12(3-6-16-13)14(18)17-10-11-4-7-19-8-5-11/h3,6,9,11H,2,4-5,7-8,10H2,1H3,(H,15,16)(H,17,18). The van der Waals surface area contributed by atoms with E-state index in [-0.39, 0.29) is 5.91 Å². The number of thioether (sulfide) groups is 1. The van der Waals surface area contributed by atoms with Crippen molar-refractivity contribution in [3.05, 3.63) is 23.9 Å². The fraction of sp³-hybridized carbons (Fsp3) is 0.571. The summed E-state index contributed by atoms with van der Waals surface area (Å²) in [5, 5.41) is 6.15. The van der Waals surface area contributed by atoms with Crippen molar-refractivity contribution in [1.82, 2.24) is 10.3 Å². The van der Waals surface area contributed by atoms with E-state index in [0.29, 0.717) is 11.5 Å². The van der Waals surface area contributed by atoms with Crippen LogP contribution in [0.2, 0.25) is 0 Å². The number of rotatable bonds is 5. The lowest BCUT2D eigenvalue weighted by molar-refractivity contribution is 0.0946. The molecule has 0 saturated carbocycles. The Morgan fingerprint density at radius 2 is 2.26 bits per heavy atom. The van der Waals surface area contributed by atoms with Gasteiger partial charge in [-0.15, -0.1) is 0 Å². The second-order valence-electron chi connectivity index (χ2n) is 4.73. The molecular weight excluding hydrogens is 258 g/mol. The monoisotopic (exact) mass is 279 g/mol. The molecule has 0 radical (unpaired) electrons. The quantitative estimate of drug-likeness (QED) is 0.869. The van der Waals surface area contributed by atoms with Crippen LogP contribution < -0.4 is 10.6 Å². The summed E-state index contributed by atoms with van der Waals surface area (Å²) in [4.78, 5) is 16.2. The van der Waals surface area contributed by atoms with E-state index in [9.17, 15) is 4.79 Å². The summed E-state index contributed by atoms with van der Waals surface area (Å²) in [6, 6.07) is 3.56. The Morgan fingerprint density at radius 3 is 3.00 bits per heavy atom. The topological polar surface area (TPSA) is 54.0 Å². The molecule has 2 heterocycles. The van der Waals surface area contributed by atoms with E-state index in [1.807, 2.05) is 18.7 Å². The van der Waals surface area contributed by atoms with E-state index in [1.165, 1.54) is 24.3 Å². The second kappa shape index (κ2) is 7.38. The first kappa shape index (κ1) is 14.2. The van der Waals surface area contributed by atoms with Crippen molar-refractivity contribution in [2.24, 2.45) is 5.92 Å². The molecule has 1 aromatic rings. The Balaban J connectivity index is 1.86. The van der Waals surface area contributed by atoms with Crippen molar-refractivity contribution in [1.29, 1.82) is 0 Å². The van der Waals surface area contributed by atoms with Gasteiger partial charge in [0.2, 0.25) is 0 Å². The maximum absolute atomic E-state index is 12.1. The average molecular weight is 279 g/mol. The fourth-order valence-corrected chi connectivity index (χ4v) is 3.34. The molecule has 2 rings (SSSR count). The summed E-state index contributed by atoms with van der Waals surface area (Å²) in [5.74, 6) is 3.84. The lowest BCUT2D eigenvalue weighted by atomic mass is 10.0. The summed E-state index contributed by atoms with van der Waals surface area (Å²) in [5.41, 5.74) is 0.677. The predicted octanol–water partition coefficient (Wildman–Crippen LogP) is 2.39. The molecule has 0 bridgehead atoms. The Bertz CT molecular complexity index is 419. The molecule has 1 saturated heterocycles. The van der Waals surface area contributed by atoms with Crippen LogP contribution in [-0.2, 0) is 0 Å². The maximum atomic E-state index is 12.1. The highest BCUT2D eigenvalue weighted by molar-refractivity contribution is 7.99. The van der Waals surface area contributed by atoms with Crippen molar-refractivity contribution in [2.45, 2.75) is 19.8 Å². The Morgan fingerprint density at radius 1 is 1.47 bits per heavy atom. The zero-order chi connectivity index (χ0) is 13.5. The molecule has 0 spiro atoms. The minimum absolute atomic E-state index is 0.000204. The van der Waals surface area contributed by atoms with Crippen LogP contribution in [0.1, 0.15) is 30.1 Å². The van der Waals surface area contributed by atoms with E-state index >= 15 is 0 Å². The predicted molar refractivity (Wildman–Crippen MR) is 80.8 cm³/mol. The number of carbonyl (C=O) groups is 1. The summed E-state index contributed by atoms with van der Waals surface area (Å²) >= 11 is 2.01. The molecule has 0 atom stereocenters. The highest BCUT2D eigenvalue weighted by atomic mass is 32.2. The van der Waals surface area contributed by atoms with Crippen molar-refractivity contribution in [3.63, 3.8) is 0 Å². The van der Waals surface area contributed by atoms with Gasteiger partial charge in [-0.2, -0.15) is 11.8 Å². The summed E-state index contributed by atoms with van der Waals surface area (Å²) in [6.07, 6.45) is 4.10. The number of nitrogens with one attached hydrogen (secondary N) is 2. The van der Waals surface area contributed by atoms with Gasteiger partial charge < -0.3 is 10.6 Å². The summed E-state index contributed by atoms with van der Waals surface area (Å²) < 4.78 is 0. The number of nitrogens with zero attached hydrogens (tertiary/aromatic N) is 1. The fourth-order valence-electron chi connectivity index (χ4n) is 2.14. The summed E-state index contributed by atoms with van der Waals surface area (Å²) in [7, 11) is 0. The number of hydrogen-bond donors (Lipinski definition) is 2. The molecule has 0 aliphatic carbocycles. The van der Waals surface area contributed by atoms with Crippen LogP contribution in [0.4, 0.5) is 5.82 Å². The zero-order valence-corrected chi connectivity index (χ0v) is 12.1. The van der Waals surface area contributed by atoms with Crippen LogP contribution in [0, 0.1) is 5.92 Å². The number of amides is 1. The van der Waals surface area contributed by atoms with E-state index in [4.69, 9.17) is 0 Å². The van der Waals surface area contributed by atoms with Crippen LogP contribution in [0.5, 0.6) is 0 Å². The van der Waals surface area contributed by atoms with Crippen molar-refractivity contribution in [3.8, 4) is 0 Å². The van der Waals surface area contributed by atoms with E-state index in [2.05, 4.69) is 15.6 Å². The molecule has 1 amide bonds. The largest absolute Gasteiger partial charge is 0.370 e. The van der Waals surface area contributed by atoms with Gasteiger partial charge >= 0.3 is 0 Å². The number of carbonyl (C=O) groups excluding carboxylic acids is 1. The third-order valence-electron chi connectivity index (χ3n) is 3.27. The van der Waals surface area contributed by atoms with Gasteiger partial charge in [-0.3, -0.25) is 4.79 Å². The molecule has 0 aromatic carbocycles. The van der Waals surface area contributed by atoms with Gasteiger partial charge in [-0.05, 0) is 49.3 Å². The van der Waals surface area contributed by atoms with Gasteiger partial charge in [0.1, 0.15) is 5.82 Å². The van der Waals surface area contributed by atoms with Crippen LogP contribution >= 0.6 is 11.8 Å². The Kier molecular flexibility index (Phi) is 5.51. The third-order valence-corrected chi connectivity index (χ3v) is 4.32. The molecule has 1 aliphatic heterocycles. The molecule has 0 unspecified atom stereocenters. The van der Waals surface area contributed by atoms with Crippen LogP contribution in [0.15, 0.2) is 18.3 Å². The van der Waals surface area contributed by atoms with Crippen LogP contribution in [0.3, 0.4) is 0 Å². The molecule has 4 nitrogen and oxygen atoms in total. The number of hydrogen-bond acceptors (Lipinski definition) is 4. The van der Waals surface area contributed by atoms with E-state index in [1.54, 1.807) is 18.3 Å². The lowest BCUT2D eigenvalue weighted by Crippen LogP contribution is -2.31. The molecule has 5 heteroatoms. The van der Waals surface area contributed by atoms with Crippen molar-refractivity contribution < 1.29 is 4.79 Å². The maximum Gasteiger partial charge on any atom is 0.251 e. The SMILES string of the molecule is CCNc1cc(C(=O)NCC2CCSCC2)ccn1. The first-order valence-electron chi connectivity index (χ1n) is 6.85. The molecule has 1 aromatic heterocycles. The first-order chi connectivity index (χ1) is 9.29. The van der Waals surface area contributed by atoms with Gasteiger partial charge in [0.05, 0.1) is 0 Å². The first-order valence-corrected chi connectivity index (χ1v) is 8.01. The molecular formula is C14H21N3OS. The van der Waals surface area contributed by atoms with E-state index in [0.717, 1.165) is 18.9 Å². The smallest absolute Gasteiger partial charge is 0.251 e. The third kappa shape index (κ3) is 4.42. The molecule has 1 fully saturated rings. The van der Waals surface area contributed by atoms with Gasteiger partial charge in [-0.25, -0.2) is 4.98 Å². The highest BCUT2D eigenvalue weighted by Gasteiger charge is 2.15. The minimum Gasteiger partial charge on any atom is -0.370 e. The Labute approximate surface area is 118 Å². The van der Waals surface area contributed by atoms with Gasteiger partial charge in [0, 0.05) is 24.8 Å². The van der Waals surface area contributed by atoms with Gasteiger partial charge in [-0.1, -0.05) is 0 Å². The number of anilines is 1. The Hall–Kier alpha value is -1.23. The normalized spacial score (nSPS) is 16.1. The zero-order valence-electron chi connectivity index (χ0n) is 11.3. The minimum atomic E-state index is -0.000204. The van der Waals surface area contributed by atoms with Crippen molar-refractivity contribution in [2.75, 3.05) is 29.9 Å². The molecule has 1 aliphatic rings. The summed E-state index contributed by atoms with van der Waals surface area (Å²) in [6.45, 7) is 3.60. The second-order valence-corrected chi connectivity index (χ2v) is 5.95. The van der Waals surface area contributed by atoms with Gasteiger partial charge in [0.15, 0.2) is 0 Å². The lowest BCUT2D eigenvalue weighted by Gasteiger charge is -2.21. The average Bonchev–Trinajstić information content (AvgIpc) is 2.46. The van der Waals surface area contributed by atoms with Crippen LogP contribution in [-0.4, -0.2) is 35.5 Å². The molecule has 19 heavy (non-hydrogen) atoms.